The van der Waals surface area contributed by atoms with Crippen molar-refractivity contribution >= 4 is 11.7 Å². The van der Waals surface area contributed by atoms with Gasteiger partial charge in [0.2, 0.25) is 5.78 Å². The zero-order chi connectivity index (χ0) is 24.7. The van der Waals surface area contributed by atoms with Crippen molar-refractivity contribution in [2.75, 3.05) is 26.2 Å². The van der Waals surface area contributed by atoms with Crippen molar-refractivity contribution in [3.63, 3.8) is 0 Å². The van der Waals surface area contributed by atoms with Crippen LogP contribution in [0.4, 0.5) is 0 Å². The second kappa shape index (κ2) is 12.0. The number of aryl methyl sites for hydroxylation is 2. The van der Waals surface area contributed by atoms with Crippen LogP contribution in [0.15, 0.2) is 52.1 Å². The Labute approximate surface area is 203 Å². The molecular formula is C28H38N2O4. The molecule has 6 heteroatoms. The topological polar surface area (TPSA) is 74.0 Å². The Kier molecular flexibility index (Phi) is 9.11. The van der Waals surface area contributed by atoms with E-state index < -0.39 is 23.5 Å². The Hall–Kier alpha value is -2.86. The number of amides is 1. The largest absolute Gasteiger partial charge is 0.503 e. The number of benzene rings is 1. The van der Waals surface area contributed by atoms with E-state index in [0.29, 0.717) is 12.3 Å². The molecular weight excluding hydrogens is 428 g/mol. The van der Waals surface area contributed by atoms with Crippen LogP contribution < -0.4 is 0 Å². The predicted molar refractivity (Wildman–Crippen MR) is 134 cm³/mol. The number of Topliss-reactive ketones (excluding diaryl/α,β-unsaturated/α-hetero) is 1. The number of carbonyl (C=O) groups excluding carboxylic acids is 2. The standard InChI is InChI=1S/C28H38N2O4/c1-5-7-16-29(17-8-6-2)18-9-19-30-25(22-13-10-20(3)11-14-22)24(27(32)28(30)33)26(31)23-15-12-21(4)34-23/h10-15,25,32H,5-9,16-19H2,1-4H3/t25-/m0/s1. The van der Waals surface area contributed by atoms with Crippen LogP contribution in [0.2, 0.25) is 0 Å². The summed E-state index contributed by atoms with van der Waals surface area (Å²) in [6.45, 7) is 11.6. The summed E-state index contributed by atoms with van der Waals surface area (Å²) in [6.07, 6.45) is 5.39. The molecule has 3 rings (SSSR count). The van der Waals surface area contributed by atoms with Gasteiger partial charge in [0.05, 0.1) is 11.6 Å². The minimum absolute atomic E-state index is 0.0945. The maximum atomic E-state index is 13.3. The lowest BCUT2D eigenvalue weighted by atomic mass is 9.94. The van der Waals surface area contributed by atoms with Crippen LogP contribution in [0, 0.1) is 13.8 Å². The predicted octanol–water partition coefficient (Wildman–Crippen LogP) is 5.77. The Morgan fingerprint density at radius 2 is 1.59 bits per heavy atom. The molecule has 2 heterocycles. The molecule has 1 aromatic heterocycles. The molecule has 6 nitrogen and oxygen atoms in total. The smallest absolute Gasteiger partial charge is 0.290 e. The van der Waals surface area contributed by atoms with Gasteiger partial charge in [-0.3, -0.25) is 9.59 Å². The maximum absolute atomic E-state index is 13.3. The van der Waals surface area contributed by atoms with Crippen LogP contribution in [0.5, 0.6) is 0 Å². The first-order valence-corrected chi connectivity index (χ1v) is 12.5. The number of hydrogen-bond acceptors (Lipinski definition) is 5. The number of hydrogen-bond donors (Lipinski definition) is 1. The fraction of sp³-hybridized carbons (Fsp3) is 0.500. The third kappa shape index (κ3) is 5.98. The van der Waals surface area contributed by atoms with Gasteiger partial charge in [0.15, 0.2) is 11.5 Å². The molecule has 0 saturated carbocycles. The molecule has 0 aliphatic carbocycles. The number of aliphatic hydroxyl groups is 1. The van der Waals surface area contributed by atoms with Gasteiger partial charge in [0.1, 0.15) is 5.76 Å². The van der Waals surface area contributed by atoms with E-state index in [1.807, 2.05) is 31.2 Å². The zero-order valence-electron chi connectivity index (χ0n) is 21.0. The van der Waals surface area contributed by atoms with E-state index in [4.69, 9.17) is 4.42 Å². The average Bonchev–Trinajstić information content (AvgIpc) is 3.37. The first kappa shape index (κ1) is 25.8. The molecule has 1 N–H and O–H groups in total. The maximum Gasteiger partial charge on any atom is 0.290 e. The summed E-state index contributed by atoms with van der Waals surface area (Å²) in [5.74, 6) is -0.671. The Balaban J connectivity index is 1.83. The van der Waals surface area contributed by atoms with Crippen molar-refractivity contribution in [1.29, 1.82) is 0 Å². The number of carbonyl (C=O) groups is 2. The van der Waals surface area contributed by atoms with E-state index in [1.54, 1.807) is 24.0 Å². The summed E-state index contributed by atoms with van der Waals surface area (Å²) in [5, 5.41) is 10.8. The van der Waals surface area contributed by atoms with Crippen molar-refractivity contribution in [2.45, 2.75) is 65.8 Å². The van der Waals surface area contributed by atoms with Crippen LogP contribution in [-0.2, 0) is 4.79 Å². The van der Waals surface area contributed by atoms with E-state index >= 15 is 0 Å². The van der Waals surface area contributed by atoms with E-state index in [-0.39, 0.29) is 11.3 Å². The average molecular weight is 467 g/mol. The monoisotopic (exact) mass is 466 g/mol. The van der Waals surface area contributed by atoms with Crippen molar-refractivity contribution in [3.8, 4) is 0 Å². The Morgan fingerprint density at radius 1 is 0.971 bits per heavy atom. The molecule has 0 saturated heterocycles. The molecule has 1 aliphatic heterocycles. The molecule has 0 unspecified atom stereocenters. The van der Waals surface area contributed by atoms with Gasteiger partial charge in [-0.05, 0) is 70.4 Å². The highest BCUT2D eigenvalue weighted by Gasteiger charge is 2.44. The zero-order valence-corrected chi connectivity index (χ0v) is 21.0. The number of nitrogens with zero attached hydrogens (tertiary/aromatic N) is 2. The van der Waals surface area contributed by atoms with Crippen LogP contribution >= 0.6 is 0 Å². The normalized spacial score (nSPS) is 16.2. The number of furan rings is 1. The van der Waals surface area contributed by atoms with Gasteiger partial charge in [0, 0.05) is 6.54 Å². The van der Waals surface area contributed by atoms with Crippen LogP contribution in [-0.4, -0.2) is 52.8 Å². The molecule has 1 atom stereocenters. The van der Waals surface area contributed by atoms with E-state index in [0.717, 1.165) is 62.9 Å². The first-order chi connectivity index (χ1) is 16.4. The quantitative estimate of drug-likeness (QED) is 0.380. The number of aliphatic hydroxyl groups excluding tert-OH is 1. The van der Waals surface area contributed by atoms with Gasteiger partial charge in [-0.15, -0.1) is 0 Å². The molecule has 34 heavy (non-hydrogen) atoms. The molecule has 184 valence electrons. The molecule has 0 bridgehead atoms. The molecule has 1 amide bonds. The lowest BCUT2D eigenvalue weighted by Gasteiger charge is -2.28. The van der Waals surface area contributed by atoms with Crippen molar-refractivity contribution < 1.29 is 19.1 Å². The number of ketones is 1. The summed E-state index contributed by atoms with van der Waals surface area (Å²) in [7, 11) is 0. The minimum Gasteiger partial charge on any atom is -0.503 e. The summed E-state index contributed by atoms with van der Waals surface area (Å²) in [5.41, 5.74) is 1.99. The van der Waals surface area contributed by atoms with Gasteiger partial charge in [-0.1, -0.05) is 56.5 Å². The van der Waals surface area contributed by atoms with E-state index in [2.05, 4.69) is 18.7 Å². The highest BCUT2D eigenvalue weighted by Crippen LogP contribution is 2.39. The van der Waals surface area contributed by atoms with Crippen LogP contribution in [0.3, 0.4) is 0 Å². The molecule has 2 aromatic rings. The summed E-state index contributed by atoms with van der Waals surface area (Å²) < 4.78 is 5.54. The summed E-state index contributed by atoms with van der Waals surface area (Å²) in [6, 6.07) is 10.4. The fourth-order valence-corrected chi connectivity index (χ4v) is 4.46. The minimum atomic E-state index is -0.634. The highest BCUT2D eigenvalue weighted by atomic mass is 16.3. The lowest BCUT2D eigenvalue weighted by molar-refractivity contribution is -0.129. The molecule has 1 aromatic carbocycles. The second-order valence-corrected chi connectivity index (χ2v) is 9.22. The third-order valence-corrected chi connectivity index (χ3v) is 6.43. The fourth-order valence-electron chi connectivity index (χ4n) is 4.46. The van der Waals surface area contributed by atoms with Gasteiger partial charge in [-0.2, -0.15) is 0 Å². The van der Waals surface area contributed by atoms with E-state index in [1.165, 1.54) is 0 Å². The van der Waals surface area contributed by atoms with Crippen molar-refractivity contribution in [3.05, 3.63) is 70.4 Å². The first-order valence-electron chi connectivity index (χ1n) is 12.5. The molecule has 1 aliphatic rings. The molecule has 0 spiro atoms. The SMILES string of the molecule is CCCCN(CCCC)CCCN1C(=O)C(O)=C(C(=O)c2ccc(C)o2)[C@@H]1c1ccc(C)cc1. The molecule has 0 radical (unpaired) electrons. The van der Waals surface area contributed by atoms with Gasteiger partial charge in [0.25, 0.3) is 5.91 Å². The van der Waals surface area contributed by atoms with Gasteiger partial charge in [-0.25, -0.2) is 0 Å². The highest BCUT2D eigenvalue weighted by molar-refractivity contribution is 6.15. The summed E-state index contributed by atoms with van der Waals surface area (Å²) >= 11 is 0. The second-order valence-electron chi connectivity index (χ2n) is 9.22. The third-order valence-electron chi connectivity index (χ3n) is 6.43. The summed E-state index contributed by atoms with van der Waals surface area (Å²) in [4.78, 5) is 30.6. The van der Waals surface area contributed by atoms with Crippen LogP contribution in [0.1, 0.15) is 79.4 Å². The number of rotatable bonds is 13. The van der Waals surface area contributed by atoms with Gasteiger partial charge < -0.3 is 19.3 Å². The van der Waals surface area contributed by atoms with Gasteiger partial charge >= 0.3 is 0 Å². The Bertz CT molecular complexity index is 998. The molecule has 0 fully saturated rings. The lowest BCUT2D eigenvalue weighted by Crippen LogP contribution is -2.35. The Morgan fingerprint density at radius 3 is 2.15 bits per heavy atom. The van der Waals surface area contributed by atoms with Crippen molar-refractivity contribution in [1.82, 2.24) is 9.80 Å². The number of unbranched alkanes of at least 4 members (excludes halogenated alkanes) is 2. The van der Waals surface area contributed by atoms with Crippen LogP contribution in [0.25, 0.3) is 0 Å². The van der Waals surface area contributed by atoms with Crippen molar-refractivity contribution in [2.24, 2.45) is 0 Å². The van der Waals surface area contributed by atoms with E-state index in [9.17, 15) is 14.7 Å².